The molecule has 0 saturated carbocycles. The van der Waals surface area contributed by atoms with E-state index in [1.54, 1.807) is 0 Å². The summed E-state index contributed by atoms with van der Waals surface area (Å²) in [5.74, 6) is 0. The Morgan fingerprint density at radius 2 is 1.50 bits per heavy atom. The molecule has 0 rings (SSSR count). The summed E-state index contributed by atoms with van der Waals surface area (Å²) < 4.78 is 0. The summed E-state index contributed by atoms with van der Waals surface area (Å²) in [6.45, 7) is 4.59. The molecule has 0 N–H and O–H groups in total. The van der Waals surface area contributed by atoms with Gasteiger partial charge >= 0.3 is 41.0 Å². The van der Waals surface area contributed by atoms with Crippen molar-refractivity contribution in [2.75, 3.05) is 0 Å². The maximum atomic E-state index is 2.30. The van der Waals surface area contributed by atoms with Crippen molar-refractivity contribution in [3.8, 4) is 0 Å². The van der Waals surface area contributed by atoms with Crippen LogP contribution >= 0.6 is 0 Å². The Morgan fingerprint density at radius 1 is 1.17 bits per heavy atom. The molecule has 2 heteroatoms. The van der Waals surface area contributed by atoms with Crippen LogP contribution in [0.5, 0.6) is 0 Å². The summed E-state index contributed by atoms with van der Waals surface area (Å²) in [7, 11) is 0. The smallest absolute Gasteiger partial charge is 0 e. The van der Waals surface area contributed by atoms with E-state index >= 15 is 0 Å². The van der Waals surface area contributed by atoms with E-state index in [2.05, 4.69) is 13.8 Å². The maximum absolute atomic E-state index is 2.30. The van der Waals surface area contributed by atoms with E-state index < -0.39 is 0 Å². The van der Waals surface area contributed by atoms with E-state index in [1.807, 2.05) is 0 Å². The number of rotatable bonds is 2. The largest absolute Gasteiger partial charge is 0 e. The van der Waals surface area contributed by atoms with Gasteiger partial charge in [0.1, 0.15) is 0 Å². The maximum Gasteiger partial charge on any atom is 0 e. The minimum Gasteiger partial charge on any atom is 0 e. The molecular formula is C4H10InZn. The quantitative estimate of drug-likeness (QED) is 0.641. The molecule has 0 aliphatic carbocycles. The van der Waals surface area contributed by atoms with Crippen molar-refractivity contribution in [3.05, 3.63) is 0 Å². The van der Waals surface area contributed by atoms with Crippen LogP contribution in [0.25, 0.3) is 0 Å². The van der Waals surface area contributed by atoms with Gasteiger partial charge in [0, 0.05) is 25.8 Å². The summed E-state index contributed by atoms with van der Waals surface area (Å²) in [5.41, 5.74) is 0. The Kier molecular flexibility index (Phi) is 16.9. The second-order valence-electron chi connectivity index (χ2n) is 1.35. The standard InChI is InChI=1S/2C2H5.In.Zn/c2*1-2;;/h2*1H2,2H3;;. The molecule has 0 aliphatic heterocycles. The molecule has 0 unspecified atom stereocenters. The number of hydrogen-bond donors (Lipinski definition) is 0. The molecule has 0 atom stereocenters. The summed E-state index contributed by atoms with van der Waals surface area (Å²) >= 11 is 0.0972. The van der Waals surface area contributed by atoms with Crippen molar-refractivity contribution in [2.45, 2.75) is 23.9 Å². The molecule has 0 aromatic heterocycles. The van der Waals surface area contributed by atoms with Crippen LogP contribution in [-0.2, 0) is 17.1 Å². The normalized spacial score (nSPS) is 5.67. The van der Waals surface area contributed by atoms with Crippen molar-refractivity contribution in [1.82, 2.24) is 0 Å². The average molecular weight is 238 g/mol. The van der Waals surface area contributed by atoms with E-state index in [4.69, 9.17) is 0 Å². The summed E-state index contributed by atoms with van der Waals surface area (Å²) in [6, 6.07) is 0. The van der Waals surface area contributed by atoms with Gasteiger partial charge in [-0.05, 0) is 0 Å². The number of hydrogen-bond acceptors (Lipinski definition) is 0. The van der Waals surface area contributed by atoms with Gasteiger partial charge in [-0.3, -0.25) is 0 Å². The Hall–Kier alpha value is 1.49. The molecule has 0 spiro atoms. The van der Waals surface area contributed by atoms with Crippen LogP contribution in [0.15, 0.2) is 0 Å². The van der Waals surface area contributed by atoms with Crippen LogP contribution in [0.4, 0.5) is 0 Å². The molecule has 0 bridgehead atoms. The van der Waals surface area contributed by atoms with Crippen LogP contribution in [0, 0.1) is 0 Å². The van der Waals surface area contributed by atoms with Gasteiger partial charge in [-0.15, -0.1) is 0 Å². The van der Waals surface area contributed by atoms with Crippen LogP contribution in [0.2, 0.25) is 10.0 Å². The molecule has 0 heterocycles. The molecule has 31 valence electrons. The molecule has 0 amide bonds. The van der Waals surface area contributed by atoms with E-state index in [9.17, 15) is 0 Å². The zero-order valence-corrected chi connectivity index (χ0v) is 11.0. The minimum absolute atomic E-state index is 0. The first-order valence-electron chi connectivity index (χ1n) is 2.41. The van der Waals surface area contributed by atoms with Crippen LogP contribution in [-0.4, -0.2) is 25.8 Å². The summed E-state index contributed by atoms with van der Waals surface area (Å²) in [6.07, 6.45) is 0. The van der Waals surface area contributed by atoms with Gasteiger partial charge in [0.25, 0.3) is 0 Å². The third-order valence-electron chi connectivity index (χ3n) is 0.707. The molecular weight excluding hydrogens is 228 g/mol. The van der Waals surface area contributed by atoms with Crippen molar-refractivity contribution >= 4 is 25.8 Å². The molecule has 0 aliphatic rings. The zero-order valence-electron chi connectivity index (χ0n) is 4.70. The van der Waals surface area contributed by atoms with Gasteiger partial charge in [0.2, 0.25) is 0 Å². The van der Waals surface area contributed by atoms with Crippen molar-refractivity contribution in [2.24, 2.45) is 0 Å². The van der Waals surface area contributed by atoms with E-state index in [0.717, 1.165) is 0 Å². The Bertz CT molecular complexity index is 15.0. The predicted octanol–water partition coefficient (Wildman–Crippen LogP) is 1.56. The molecule has 0 nitrogen and oxygen atoms in total. The third-order valence-corrected chi connectivity index (χ3v) is 3.67. The Morgan fingerprint density at radius 3 is 1.50 bits per heavy atom. The topological polar surface area (TPSA) is 0 Å². The summed E-state index contributed by atoms with van der Waals surface area (Å²) in [5, 5.41) is 3.06. The third kappa shape index (κ3) is 9.09. The van der Waals surface area contributed by atoms with Gasteiger partial charge in [-0.1, -0.05) is 0 Å². The fourth-order valence-electron chi connectivity index (χ4n) is 0.354. The second kappa shape index (κ2) is 9.71. The van der Waals surface area contributed by atoms with Crippen LogP contribution in [0.3, 0.4) is 0 Å². The molecule has 0 aromatic rings. The zero-order chi connectivity index (χ0) is 4.12. The average Bonchev–Trinajstić information content (AvgIpc) is 1.41. The van der Waals surface area contributed by atoms with Crippen LogP contribution < -0.4 is 0 Å². The van der Waals surface area contributed by atoms with Gasteiger partial charge in [0.15, 0.2) is 0 Å². The Balaban J connectivity index is 0. The van der Waals surface area contributed by atoms with Gasteiger partial charge in [-0.2, -0.15) is 0 Å². The predicted molar refractivity (Wildman–Crippen MR) is 26.7 cm³/mol. The fourth-order valence-corrected chi connectivity index (χ4v) is 1.84. The van der Waals surface area contributed by atoms with Gasteiger partial charge in [0.05, 0.1) is 0 Å². The van der Waals surface area contributed by atoms with E-state index in [-0.39, 0.29) is 43.0 Å². The van der Waals surface area contributed by atoms with Gasteiger partial charge in [-0.25, -0.2) is 0 Å². The minimum atomic E-state index is 0. The second-order valence-corrected chi connectivity index (χ2v) is 7.03. The summed E-state index contributed by atoms with van der Waals surface area (Å²) in [4.78, 5) is 0. The Labute approximate surface area is 66.5 Å². The first-order chi connectivity index (χ1) is 2.41. The van der Waals surface area contributed by atoms with Crippen molar-refractivity contribution in [3.63, 3.8) is 0 Å². The molecule has 6 heavy (non-hydrogen) atoms. The first kappa shape index (κ1) is 10.5. The SMILES string of the molecule is C[CH2][Zn][CH2]C.[In]. The molecule has 0 aromatic carbocycles. The molecule has 3 radical (unpaired) electrons. The molecule has 0 saturated heterocycles. The van der Waals surface area contributed by atoms with E-state index in [1.165, 1.54) is 10.0 Å². The van der Waals surface area contributed by atoms with E-state index in [0.29, 0.717) is 0 Å². The monoisotopic (exact) mass is 237 g/mol. The van der Waals surface area contributed by atoms with Gasteiger partial charge < -0.3 is 0 Å². The van der Waals surface area contributed by atoms with Crippen LogP contribution in [0.1, 0.15) is 13.8 Å². The fraction of sp³-hybridized carbons (Fsp3) is 1.00. The first-order valence-corrected chi connectivity index (χ1v) is 6.61. The van der Waals surface area contributed by atoms with Crippen molar-refractivity contribution < 1.29 is 17.1 Å². The molecule has 0 fully saturated rings. The van der Waals surface area contributed by atoms with Crippen molar-refractivity contribution in [1.29, 1.82) is 0 Å².